The second-order valence-electron chi connectivity index (χ2n) is 5.82. The third kappa shape index (κ3) is 2.70. The predicted molar refractivity (Wildman–Crippen MR) is 102 cm³/mol. The van der Waals surface area contributed by atoms with E-state index in [-0.39, 0.29) is 5.82 Å². The fraction of sp³-hybridized carbons (Fsp3) is 0. The van der Waals surface area contributed by atoms with E-state index in [9.17, 15) is 4.39 Å². The van der Waals surface area contributed by atoms with Crippen LogP contribution in [0.3, 0.4) is 0 Å². The van der Waals surface area contributed by atoms with Crippen molar-refractivity contribution in [3.05, 3.63) is 72.5 Å². The molecule has 6 heteroatoms. The first-order valence-electron chi connectivity index (χ1n) is 8.04. The van der Waals surface area contributed by atoms with Gasteiger partial charge in [-0.05, 0) is 48.5 Å². The van der Waals surface area contributed by atoms with Crippen LogP contribution in [-0.4, -0.2) is 9.97 Å². The Balaban J connectivity index is 1.48. The number of fused-ring (bicyclic) bond motifs is 2. The molecule has 3 aromatic carbocycles. The monoisotopic (exact) mass is 361 g/mol. The summed E-state index contributed by atoms with van der Waals surface area (Å²) in [6.45, 7) is 0. The van der Waals surface area contributed by atoms with Crippen LogP contribution in [0, 0.1) is 5.82 Å². The van der Waals surface area contributed by atoms with Gasteiger partial charge in [0.05, 0.1) is 10.2 Å². The number of nitrogens with one attached hydrogen (secondary N) is 1. The summed E-state index contributed by atoms with van der Waals surface area (Å²) in [6.07, 6.45) is 0. The molecule has 0 bridgehead atoms. The Labute approximate surface area is 151 Å². The maximum absolute atomic E-state index is 13.3. The highest BCUT2D eigenvalue weighted by molar-refractivity contribution is 7.22. The zero-order chi connectivity index (χ0) is 17.5. The van der Waals surface area contributed by atoms with Crippen molar-refractivity contribution >= 4 is 43.5 Å². The Morgan fingerprint density at radius 3 is 2.73 bits per heavy atom. The lowest BCUT2D eigenvalue weighted by Crippen LogP contribution is -1.89. The largest absolute Gasteiger partial charge is 0.436 e. The number of oxazole rings is 1. The van der Waals surface area contributed by atoms with E-state index in [4.69, 9.17) is 4.42 Å². The van der Waals surface area contributed by atoms with Crippen LogP contribution in [0.2, 0.25) is 0 Å². The van der Waals surface area contributed by atoms with Crippen molar-refractivity contribution in [3.63, 3.8) is 0 Å². The number of anilines is 2. The van der Waals surface area contributed by atoms with Crippen molar-refractivity contribution in [1.29, 1.82) is 0 Å². The van der Waals surface area contributed by atoms with Gasteiger partial charge in [-0.3, -0.25) is 0 Å². The van der Waals surface area contributed by atoms with Gasteiger partial charge in [0, 0.05) is 11.3 Å². The Bertz CT molecular complexity index is 1210. The fourth-order valence-electron chi connectivity index (χ4n) is 2.80. The number of thiazole rings is 1. The summed E-state index contributed by atoms with van der Waals surface area (Å²) in [7, 11) is 0. The molecule has 2 aromatic heterocycles. The standard InChI is InChI=1S/C20H12FN3OS/c21-13-8-9-16-18(11-13)26-20(24-16)22-14-5-3-4-12(10-14)19-23-15-6-1-2-7-17(15)25-19/h1-11H,(H,22,24). The second-order valence-corrected chi connectivity index (χ2v) is 6.85. The van der Waals surface area contributed by atoms with Gasteiger partial charge in [-0.25, -0.2) is 14.4 Å². The molecule has 126 valence electrons. The van der Waals surface area contributed by atoms with Crippen LogP contribution < -0.4 is 5.32 Å². The summed E-state index contributed by atoms with van der Waals surface area (Å²) < 4.78 is 20.0. The summed E-state index contributed by atoms with van der Waals surface area (Å²) in [5.41, 5.74) is 4.10. The van der Waals surface area contributed by atoms with Gasteiger partial charge in [0.15, 0.2) is 10.7 Å². The summed E-state index contributed by atoms with van der Waals surface area (Å²) in [5, 5.41) is 3.98. The maximum atomic E-state index is 13.3. The van der Waals surface area contributed by atoms with E-state index >= 15 is 0 Å². The molecule has 2 heterocycles. The molecule has 0 radical (unpaired) electrons. The normalized spacial score (nSPS) is 11.3. The van der Waals surface area contributed by atoms with Crippen molar-refractivity contribution in [1.82, 2.24) is 9.97 Å². The van der Waals surface area contributed by atoms with Gasteiger partial charge in [0.1, 0.15) is 11.3 Å². The third-order valence-corrected chi connectivity index (χ3v) is 4.94. The highest BCUT2D eigenvalue weighted by atomic mass is 32.1. The van der Waals surface area contributed by atoms with Crippen molar-refractivity contribution < 1.29 is 8.81 Å². The molecule has 0 aliphatic heterocycles. The van der Waals surface area contributed by atoms with Crippen LogP contribution in [0.25, 0.3) is 32.8 Å². The molecule has 26 heavy (non-hydrogen) atoms. The molecule has 4 nitrogen and oxygen atoms in total. The fourth-order valence-corrected chi connectivity index (χ4v) is 3.71. The van der Waals surface area contributed by atoms with Crippen LogP contribution in [0.4, 0.5) is 15.2 Å². The molecule has 0 spiro atoms. The van der Waals surface area contributed by atoms with Crippen molar-refractivity contribution in [2.45, 2.75) is 0 Å². The molecule has 0 unspecified atom stereocenters. The quantitative estimate of drug-likeness (QED) is 0.429. The highest BCUT2D eigenvalue weighted by Gasteiger charge is 2.10. The first-order valence-corrected chi connectivity index (χ1v) is 8.85. The molecule has 0 saturated carbocycles. The van der Waals surface area contributed by atoms with E-state index < -0.39 is 0 Å². The Kier molecular flexibility index (Phi) is 3.43. The van der Waals surface area contributed by atoms with Gasteiger partial charge < -0.3 is 9.73 Å². The average molecular weight is 361 g/mol. The second kappa shape index (κ2) is 5.93. The highest BCUT2D eigenvalue weighted by Crippen LogP contribution is 2.31. The van der Waals surface area contributed by atoms with E-state index in [0.29, 0.717) is 11.0 Å². The van der Waals surface area contributed by atoms with Crippen molar-refractivity contribution in [2.75, 3.05) is 5.32 Å². The third-order valence-electron chi connectivity index (χ3n) is 4.01. The van der Waals surface area contributed by atoms with Gasteiger partial charge in [0.25, 0.3) is 0 Å². The Morgan fingerprint density at radius 1 is 0.885 bits per heavy atom. The molecule has 0 saturated heterocycles. The van der Waals surface area contributed by atoms with Gasteiger partial charge in [0.2, 0.25) is 5.89 Å². The average Bonchev–Trinajstić information content (AvgIpc) is 3.25. The lowest BCUT2D eigenvalue weighted by atomic mass is 10.2. The number of benzene rings is 3. The number of hydrogen-bond donors (Lipinski definition) is 1. The van der Waals surface area contributed by atoms with Crippen molar-refractivity contribution in [3.8, 4) is 11.5 Å². The van der Waals surface area contributed by atoms with Crippen LogP contribution in [0.15, 0.2) is 71.1 Å². The molecule has 5 aromatic rings. The lowest BCUT2D eigenvalue weighted by Gasteiger charge is -2.03. The first kappa shape index (κ1) is 15.0. The SMILES string of the molecule is Fc1ccc2nc(Nc3cccc(-c4nc5ccccc5o4)c3)sc2c1. The maximum Gasteiger partial charge on any atom is 0.227 e. The molecule has 1 N–H and O–H groups in total. The zero-order valence-electron chi connectivity index (χ0n) is 13.4. The molecule has 0 aliphatic carbocycles. The first-order chi connectivity index (χ1) is 12.7. The van der Waals surface area contributed by atoms with Gasteiger partial charge in [-0.1, -0.05) is 29.5 Å². The minimum atomic E-state index is -0.259. The number of aromatic nitrogens is 2. The number of para-hydroxylation sites is 2. The van der Waals surface area contributed by atoms with Crippen LogP contribution in [-0.2, 0) is 0 Å². The molecular formula is C20H12FN3OS. The summed E-state index contributed by atoms with van der Waals surface area (Å²) in [6, 6.07) is 20.0. The van der Waals surface area contributed by atoms with Crippen molar-refractivity contribution in [2.24, 2.45) is 0 Å². The number of halogens is 1. The van der Waals surface area contributed by atoms with Crippen LogP contribution in [0.5, 0.6) is 0 Å². The van der Waals surface area contributed by atoms with E-state index in [1.165, 1.54) is 23.5 Å². The molecule has 0 fully saturated rings. The zero-order valence-corrected chi connectivity index (χ0v) is 14.3. The van der Waals surface area contributed by atoms with Crippen LogP contribution >= 0.6 is 11.3 Å². The Morgan fingerprint density at radius 2 is 1.81 bits per heavy atom. The van der Waals surface area contributed by atoms with Crippen LogP contribution in [0.1, 0.15) is 0 Å². The molecule has 0 amide bonds. The minimum Gasteiger partial charge on any atom is -0.436 e. The Hall–Kier alpha value is -3.25. The lowest BCUT2D eigenvalue weighted by molar-refractivity contribution is 0.620. The number of nitrogens with zero attached hydrogens (tertiary/aromatic N) is 2. The van der Waals surface area contributed by atoms with E-state index in [1.807, 2.05) is 48.5 Å². The van der Waals surface area contributed by atoms with Gasteiger partial charge in [-0.15, -0.1) is 0 Å². The number of hydrogen-bond acceptors (Lipinski definition) is 5. The minimum absolute atomic E-state index is 0.259. The summed E-state index contributed by atoms with van der Waals surface area (Å²) >= 11 is 1.41. The smallest absolute Gasteiger partial charge is 0.227 e. The summed E-state index contributed by atoms with van der Waals surface area (Å²) in [5.74, 6) is 0.312. The summed E-state index contributed by atoms with van der Waals surface area (Å²) in [4.78, 5) is 9.01. The van der Waals surface area contributed by atoms with Gasteiger partial charge in [-0.2, -0.15) is 0 Å². The molecular weight excluding hydrogens is 349 g/mol. The molecule has 0 aliphatic rings. The predicted octanol–water partition coefficient (Wildman–Crippen LogP) is 5.99. The van der Waals surface area contributed by atoms with E-state index in [1.54, 1.807) is 6.07 Å². The molecule has 5 rings (SSSR count). The topological polar surface area (TPSA) is 51.0 Å². The number of rotatable bonds is 3. The van der Waals surface area contributed by atoms with E-state index in [0.717, 1.165) is 32.6 Å². The van der Waals surface area contributed by atoms with Gasteiger partial charge >= 0.3 is 0 Å². The molecule has 0 atom stereocenters. The van der Waals surface area contributed by atoms with E-state index in [2.05, 4.69) is 15.3 Å².